The van der Waals surface area contributed by atoms with Crippen LogP contribution in [0.25, 0.3) is 0 Å². The predicted octanol–water partition coefficient (Wildman–Crippen LogP) is 13.0. The molecule has 0 spiro atoms. The molecule has 0 unspecified atom stereocenters. The molecule has 3 rings (SSSR count). The zero-order valence-electron chi connectivity index (χ0n) is 34.0. The van der Waals surface area contributed by atoms with Gasteiger partial charge >= 0.3 is 0 Å². The first kappa shape index (κ1) is 39.2. The summed E-state index contributed by atoms with van der Waals surface area (Å²) in [6.45, 7) is 42.7. The summed E-state index contributed by atoms with van der Waals surface area (Å²) >= 11 is 0. The topological polar surface area (TPSA) is 45.0 Å². The van der Waals surface area contributed by atoms with Gasteiger partial charge in [-0.25, -0.2) is 0 Å². The molecule has 0 aliphatic carbocycles. The van der Waals surface area contributed by atoms with E-state index in [2.05, 4.69) is 156 Å². The Bertz CT molecular complexity index is 1510. The molecule has 0 aromatic heterocycles. The molecule has 0 saturated heterocycles. The van der Waals surface area contributed by atoms with Crippen molar-refractivity contribution in [3.63, 3.8) is 0 Å². The van der Waals surface area contributed by atoms with E-state index < -0.39 is 0 Å². The van der Waals surface area contributed by atoms with E-state index in [4.69, 9.17) is 9.98 Å². The molecule has 3 heteroatoms. The van der Waals surface area contributed by atoms with Crippen molar-refractivity contribution in [2.24, 2.45) is 9.98 Å². The number of rotatable bonds is 4. The van der Waals surface area contributed by atoms with Crippen LogP contribution in [0.4, 0.5) is 11.4 Å². The van der Waals surface area contributed by atoms with Crippen molar-refractivity contribution in [1.29, 1.82) is 0 Å². The molecule has 262 valence electrons. The molecule has 0 bridgehead atoms. The van der Waals surface area contributed by atoms with Gasteiger partial charge in [-0.15, -0.1) is 0 Å². The molecule has 0 aliphatic heterocycles. The number of hydrogen-bond acceptors (Lipinski definition) is 3. The van der Waals surface area contributed by atoms with Gasteiger partial charge in [0.15, 0.2) is 0 Å². The first-order chi connectivity index (χ1) is 21.4. The van der Waals surface area contributed by atoms with Crippen molar-refractivity contribution in [2.45, 2.75) is 164 Å². The van der Waals surface area contributed by atoms with Gasteiger partial charge in [0.05, 0.1) is 11.4 Å². The van der Waals surface area contributed by atoms with Crippen LogP contribution in [-0.4, -0.2) is 17.5 Å². The average Bonchev–Trinajstić information content (AvgIpc) is 2.88. The number of aliphatic imine (C=N–C) groups is 2. The number of benzene rings is 3. The third-order valence-electron chi connectivity index (χ3n) is 9.16. The number of aryl methyl sites for hydroxylation is 1. The lowest BCUT2D eigenvalue weighted by atomic mass is 9.74. The van der Waals surface area contributed by atoms with E-state index in [9.17, 15) is 5.11 Å². The normalized spacial score (nSPS) is 14.1. The summed E-state index contributed by atoms with van der Waals surface area (Å²) in [5.41, 5.74) is 11.5. The minimum Gasteiger partial charge on any atom is -0.507 e. The summed E-state index contributed by atoms with van der Waals surface area (Å²) in [4.78, 5) is 10.4. The SMILES string of the molecule is Cc1cc(C=Nc2c(C(C)(C)C)cc(C(C)(C)C)cc2C(C)(C)C)c(O)c(C=Nc2c(C(C)(C)C)cc(C(C)(C)C)cc2C(C)(C)C)c1. The first-order valence-corrected chi connectivity index (χ1v) is 17.7. The van der Waals surface area contributed by atoms with Crippen LogP contribution in [0, 0.1) is 6.92 Å². The van der Waals surface area contributed by atoms with E-state index in [1.165, 1.54) is 33.4 Å². The van der Waals surface area contributed by atoms with Gasteiger partial charge in [0.25, 0.3) is 0 Å². The van der Waals surface area contributed by atoms with Crippen LogP contribution in [0.2, 0.25) is 0 Å². The van der Waals surface area contributed by atoms with Gasteiger partial charge in [-0.1, -0.05) is 149 Å². The van der Waals surface area contributed by atoms with Crippen LogP contribution >= 0.6 is 0 Å². The minimum absolute atomic E-state index is 0.0120. The number of aromatic hydroxyl groups is 1. The summed E-state index contributed by atoms with van der Waals surface area (Å²) in [6.07, 6.45) is 3.69. The first-order valence-electron chi connectivity index (χ1n) is 17.7. The summed E-state index contributed by atoms with van der Waals surface area (Å²) in [7, 11) is 0. The molecule has 0 aliphatic rings. The Hall–Kier alpha value is -3.20. The van der Waals surface area contributed by atoms with Crippen molar-refractivity contribution >= 4 is 23.8 Å². The molecule has 48 heavy (non-hydrogen) atoms. The van der Waals surface area contributed by atoms with E-state index >= 15 is 0 Å². The van der Waals surface area contributed by atoms with Crippen LogP contribution in [0.1, 0.15) is 175 Å². The third-order valence-corrected chi connectivity index (χ3v) is 9.16. The second kappa shape index (κ2) is 12.9. The molecule has 0 fully saturated rings. The van der Waals surface area contributed by atoms with Gasteiger partial charge in [0.1, 0.15) is 5.75 Å². The lowest BCUT2D eigenvalue weighted by Crippen LogP contribution is -2.21. The van der Waals surface area contributed by atoms with E-state index in [0.29, 0.717) is 11.1 Å². The van der Waals surface area contributed by atoms with Crippen molar-refractivity contribution in [3.05, 3.63) is 86.5 Å². The third kappa shape index (κ3) is 9.07. The maximum atomic E-state index is 11.7. The van der Waals surface area contributed by atoms with Crippen LogP contribution < -0.4 is 0 Å². The van der Waals surface area contributed by atoms with E-state index in [-0.39, 0.29) is 38.2 Å². The van der Waals surface area contributed by atoms with Crippen LogP contribution in [0.15, 0.2) is 46.4 Å². The molecule has 3 aromatic rings. The van der Waals surface area contributed by atoms with Gasteiger partial charge in [0.2, 0.25) is 0 Å². The zero-order chi connectivity index (χ0) is 37.0. The highest BCUT2D eigenvalue weighted by Gasteiger charge is 2.30. The second-order valence-corrected chi connectivity index (χ2v) is 20.1. The summed E-state index contributed by atoms with van der Waals surface area (Å²) in [5, 5.41) is 11.7. The quantitative estimate of drug-likeness (QED) is 0.281. The fourth-order valence-electron chi connectivity index (χ4n) is 6.00. The fraction of sp³-hybridized carbons (Fsp3) is 0.556. The van der Waals surface area contributed by atoms with E-state index in [1.54, 1.807) is 0 Å². The van der Waals surface area contributed by atoms with Crippen LogP contribution in [-0.2, 0) is 32.5 Å². The maximum Gasteiger partial charge on any atom is 0.133 e. The summed E-state index contributed by atoms with van der Waals surface area (Å²) < 4.78 is 0. The van der Waals surface area contributed by atoms with Gasteiger partial charge in [0, 0.05) is 23.6 Å². The Labute approximate surface area is 294 Å². The molecule has 0 amide bonds. The highest BCUT2D eigenvalue weighted by atomic mass is 16.3. The highest BCUT2D eigenvalue weighted by Crippen LogP contribution is 2.45. The summed E-state index contributed by atoms with van der Waals surface area (Å²) in [5.74, 6) is 0.190. The molecule has 0 atom stereocenters. The minimum atomic E-state index is -0.113. The molecule has 0 saturated carbocycles. The Morgan fingerprint density at radius 1 is 0.417 bits per heavy atom. The largest absolute Gasteiger partial charge is 0.507 e. The van der Waals surface area contributed by atoms with Crippen LogP contribution in [0.3, 0.4) is 0 Å². The van der Waals surface area contributed by atoms with Gasteiger partial charge in [-0.3, -0.25) is 9.98 Å². The van der Waals surface area contributed by atoms with Crippen molar-refractivity contribution in [3.8, 4) is 5.75 Å². The number of hydrogen-bond donors (Lipinski definition) is 1. The fourth-order valence-corrected chi connectivity index (χ4v) is 6.00. The molecule has 0 heterocycles. The lowest BCUT2D eigenvalue weighted by molar-refractivity contribution is 0.473. The summed E-state index contributed by atoms with van der Waals surface area (Å²) in [6, 6.07) is 13.3. The van der Waals surface area contributed by atoms with E-state index in [1.807, 2.05) is 24.6 Å². The van der Waals surface area contributed by atoms with Crippen LogP contribution in [0.5, 0.6) is 5.75 Å². The lowest BCUT2D eigenvalue weighted by Gasteiger charge is -2.32. The molecule has 3 nitrogen and oxygen atoms in total. The van der Waals surface area contributed by atoms with Crippen molar-refractivity contribution in [1.82, 2.24) is 0 Å². The molecule has 3 aromatic carbocycles. The molecular formula is C45H66N2O. The Balaban J connectivity index is 2.28. The Kier molecular flexibility index (Phi) is 10.6. The van der Waals surface area contributed by atoms with Gasteiger partial charge in [-0.05, 0) is 90.5 Å². The smallest absolute Gasteiger partial charge is 0.133 e. The predicted molar refractivity (Wildman–Crippen MR) is 212 cm³/mol. The standard InChI is InChI=1S/C45H66N2O/c1-28-20-29(26-46-37-33(42(8,9)10)22-31(40(2,3)4)23-34(37)43(11,12)13)39(48)30(21-28)27-47-38-35(44(14,15)16)24-32(41(5,6)7)25-36(38)45(17,18)19/h20-27,48H,1-19H3. The maximum absolute atomic E-state index is 11.7. The Morgan fingerprint density at radius 3 is 0.875 bits per heavy atom. The van der Waals surface area contributed by atoms with Crippen molar-refractivity contribution < 1.29 is 5.11 Å². The number of nitrogens with zero attached hydrogens (tertiary/aromatic N) is 2. The second-order valence-electron chi connectivity index (χ2n) is 20.1. The van der Waals surface area contributed by atoms with Gasteiger partial charge in [-0.2, -0.15) is 0 Å². The highest BCUT2D eigenvalue weighted by molar-refractivity contribution is 5.94. The Morgan fingerprint density at radius 2 is 0.667 bits per heavy atom. The zero-order valence-corrected chi connectivity index (χ0v) is 34.0. The number of phenols is 1. The van der Waals surface area contributed by atoms with E-state index in [0.717, 1.165) is 16.9 Å². The number of phenolic OH excluding ortho intramolecular Hbond substituents is 1. The molecule has 0 radical (unpaired) electrons. The van der Waals surface area contributed by atoms with Crippen molar-refractivity contribution in [2.75, 3.05) is 0 Å². The molecule has 1 N–H and O–H groups in total. The molecular weight excluding hydrogens is 585 g/mol. The average molecular weight is 651 g/mol. The van der Waals surface area contributed by atoms with Gasteiger partial charge < -0.3 is 5.11 Å². The monoisotopic (exact) mass is 651 g/mol.